The zero-order valence-electron chi connectivity index (χ0n) is 41.9. The van der Waals surface area contributed by atoms with Crippen LogP contribution in [0.3, 0.4) is 0 Å². The molecule has 10 nitrogen and oxygen atoms in total. The quantitative estimate of drug-likeness (QED) is 0.0375. The number of aliphatic hydroxyl groups is 5. The van der Waals surface area contributed by atoms with Crippen LogP contribution in [0.25, 0.3) is 0 Å². The number of hydrogen-bond donors (Lipinski definition) is 7. The van der Waals surface area contributed by atoms with E-state index in [1.807, 2.05) is 45.2 Å². The molecule has 2 aliphatic heterocycles. The van der Waals surface area contributed by atoms with Gasteiger partial charge in [0.1, 0.15) is 18.6 Å². The summed E-state index contributed by atoms with van der Waals surface area (Å²) in [5, 5.41) is 67.0. The molecule has 2 heterocycles. The third-order valence-corrected chi connectivity index (χ3v) is 17.6. The second kappa shape index (κ2) is 22.9. The first kappa shape index (κ1) is 52.5. The predicted octanol–water partition coefficient (Wildman–Crippen LogP) is 8.01. The first-order valence-corrected chi connectivity index (χ1v) is 25.9. The fourth-order valence-electron chi connectivity index (χ4n) is 13.9. The molecule has 68 heavy (non-hydrogen) atoms. The van der Waals surface area contributed by atoms with Crippen LogP contribution in [0.15, 0.2) is 107 Å². The molecule has 0 saturated heterocycles. The van der Waals surface area contributed by atoms with E-state index in [4.69, 9.17) is 9.47 Å². The average Bonchev–Trinajstić information content (AvgIpc) is 3.99. The molecule has 1 spiro atoms. The minimum atomic E-state index is -1.28. The SMILES string of the molecule is C=C(C=CC=C(C1C=CC(C(C)C)C(O)O1)C1CCC2(C1O)C1C(=C(C)C=O)C(C=CC1CCO)CC2(O)CCNC)C1CC=C(C)C(O)NC(CCOC)(C2CCCC2)Cc2cccc(c2)C1. The number of methoxy groups -OCH3 is 1. The third kappa shape index (κ3) is 10.7. The number of carbonyl (C=O) groups excluding carboxylic acids is 1. The van der Waals surface area contributed by atoms with E-state index in [0.717, 1.165) is 60.7 Å². The van der Waals surface area contributed by atoms with Crippen molar-refractivity contribution in [2.24, 2.45) is 52.8 Å². The van der Waals surface area contributed by atoms with Crippen LogP contribution in [-0.2, 0) is 27.1 Å². The van der Waals surface area contributed by atoms with Crippen LogP contribution in [0.2, 0.25) is 0 Å². The number of hydrogen-bond acceptors (Lipinski definition) is 10. The summed E-state index contributed by atoms with van der Waals surface area (Å²) in [5.41, 5.74) is 4.10. The molecule has 1 aromatic rings. The highest BCUT2D eigenvalue weighted by Gasteiger charge is 2.69. The monoisotopic (exact) mass is 937 g/mol. The molecule has 7 rings (SSSR count). The van der Waals surface area contributed by atoms with Gasteiger partial charge in [0.25, 0.3) is 0 Å². The molecule has 0 amide bonds. The van der Waals surface area contributed by atoms with Gasteiger partial charge in [0.05, 0.1) is 11.7 Å². The number of fused-ring (bicyclic) bond motifs is 5. The molecule has 3 saturated carbocycles. The van der Waals surface area contributed by atoms with Crippen LogP contribution in [0.4, 0.5) is 0 Å². The van der Waals surface area contributed by atoms with E-state index in [9.17, 15) is 30.3 Å². The molecule has 0 aromatic heterocycles. The number of carbonyl (C=O) groups is 1. The van der Waals surface area contributed by atoms with Gasteiger partial charge in [-0.05, 0) is 156 Å². The molecule has 4 aliphatic carbocycles. The van der Waals surface area contributed by atoms with Crippen molar-refractivity contribution in [3.8, 4) is 0 Å². The van der Waals surface area contributed by atoms with Crippen molar-refractivity contribution in [1.29, 1.82) is 0 Å². The summed E-state index contributed by atoms with van der Waals surface area (Å²) in [6.45, 7) is 13.7. The Morgan fingerprint density at radius 1 is 1.07 bits per heavy atom. The van der Waals surface area contributed by atoms with Crippen molar-refractivity contribution < 1.29 is 39.8 Å². The van der Waals surface area contributed by atoms with Crippen molar-refractivity contribution in [3.63, 3.8) is 0 Å². The van der Waals surface area contributed by atoms with Crippen LogP contribution in [-0.4, -0.2) is 102 Å². The smallest absolute Gasteiger partial charge is 0.162 e. The van der Waals surface area contributed by atoms with Crippen molar-refractivity contribution in [1.82, 2.24) is 10.6 Å². The van der Waals surface area contributed by atoms with E-state index in [-0.39, 0.29) is 47.7 Å². The topological polar surface area (TPSA) is 161 Å². The second-order valence-electron chi connectivity index (χ2n) is 21.9. The Balaban J connectivity index is 1.25. The van der Waals surface area contributed by atoms with Crippen molar-refractivity contribution in [3.05, 3.63) is 118 Å². The maximum absolute atomic E-state index is 13.2. The molecule has 6 aliphatic rings. The van der Waals surface area contributed by atoms with Gasteiger partial charge in [-0.3, -0.25) is 10.1 Å². The first-order valence-electron chi connectivity index (χ1n) is 25.9. The summed E-state index contributed by atoms with van der Waals surface area (Å²) in [7, 11) is 3.63. The van der Waals surface area contributed by atoms with Crippen molar-refractivity contribution in [2.45, 2.75) is 147 Å². The van der Waals surface area contributed by atoms with Gasteiger partial charge in [-0.25, -0.2) is 0 Å². The van der Waals surface area contributed by atoms with E-state index in [1.54, 1.807) is 7.11 Å². The van der Waals surface area contributed by atoms with Gasteiger partial charge in [0.15, 0.2) is 6.29 Å². The number of aldehydes is 1. The molecule has 13 unspecified atom stereocenters. The zero-order chi connectivity index (χ0) is 48.8. The fourth-order valence-corrected chi connectivity index (χ4v) is 13.9. The normalized spacial score (nSPS) is 37.6. The largest absolute Gasteiger partial charge is 0.396 e. The maximum Gasteiger partial charge on any atom is 0.162 e. The van der Waals surface area contributed by atoms with Crippen molar-refractivity contribution in [2.75, 3.05) is 33.9 Å². The Bertz CT molecular complexity index is 2100. The van der Waals surface area contributed by atoms with Gasteiger partial charge in [0.2, 0.25) is 0 Å². The third-order valence-electron chi connectivity index (χ3n) is 17.6. The molecule has 0 radical (unpaired) electrons. The standard InChI is InChI=1S/C58H84N2O8/c1-37(2)47-22-23-50(68-55(47)65)48(49-24-26-58(53(49)63)52-43(25-30-61)20-21-45(51(52)40(5)36-62)35-57(58,66)27-29-59-6)17-10-12-38(3)44-19-18-39(4)54(64)60-56(28-31-67-7,46-15-8-9-16-46)34-42-14-11-13-41(32-42)33-44/h10-14,17-18,20-23,32,36-37,43-47,49-50,52-55,59-61,63-66H,3,8-9,15-16,19,24-31,33-35H2,1-2,4-7H3. The molecule has 1 aromatic carbocycles. The lowest BCUT2D eigenvalue weighted by molar-refractivity contribution is -0.195. The Kier molecular flexibility index (Phi) is 17.7. The van der Waals surface area contributed by atoms with Gasteiger partial charge in [-0.1, -0.05) is 117 Å². The average molecular weight is 937 g/mol. The van der Waals surface area contributed by atoms with E-state index in [1.165, 1.54) is 24.0 Å². The van der Waals surface area contributed by atoms with E-state index < -0.39 is 41.7 Å². The van der Waals surface area contributed by atoms with Gasteiger partial charge >= 0.3 is 0 Å². The Morgan fingerprint density at radius 2 is 1.84 bits per heavy atom. The summed E-state index contributed by atoms with van der Waals surface area (Å²) in [6, 6.07) is 8.91. The number of nitrogens with one attached hydrogen (secondary N) is 2. The molecular formula is C58H84N2O8. The fraction of sp³-hybridized carbons (Fsp3) is 0.638. The van der Waals surface area contributed by atoms with Gasteiger partial charge in [0, 0.05) is 49.0 Å². The predicted molar refractivity (Wildman–Crippen MR) is 270 cm³/mol. The highest BCUT2D eigenvalue weighted by Crippen LogP contribution is 2.67. The lowest BCUT2D eigenvalue weighted by Crippen LogP contribution is -2.65. The van der Waals surface area contributed by atoms with Crippen LogP contribution in [0.1, 0.15) is 109 Å². The Hall–Kier alpha value is -3.29. The van der Waals surface area contributed by atoms with E-state index in [0.29, 0.717) is 63.2 Å². The number of ether oxygens (including phenoxy) is 2. The summed E-state index contributed by atoms with van der Waals surface area (Å²) >= 11 is 0. The van der Waals surface area contributed by atoms with Crippen LogP contribution >= 0.6 is 0 Å². The lowest BCUT2D eigenvalue weighted by Gasteiger charge is -2.61. The Labute approximate surface area is 407 Å². The number of allylic oxidation sites excluding steroid dienone is 9. The number of rotatable bonds is 16. The molecule has 7 N–H and O–H groups in total. The van der Waals surface area contributed by atoms with E-state index >= 15 is 0 Å². The van der Waals surface area contributed by atoms with E-state index in [2.05, 4.69) is 79.6 Å². The maximum atomic E-state index is 13.2. The van der Waals surface area contributed by atoms with Crippen LogP contribution in [0.5, 0.6) is 0 Å². The highest BCUT2D eigenvalue weighted by molar-refractivity contribution is 5.74. The minimum absolute atomic E-state index is 0.0271. The second-order valence-corrected chi connectivity index (χ2v) is 21.9. The van der Waals surface area contributed by atoms with Gasteiger partial charge in [-0.2, -0.15) is 0 Å². The van der Waals surface area contributed by atoms with Gasteiger partial charge < -0.3 is 40.3 Å². The molecule has 3 fully saturated rings. The number of aliphatic hydroxyl groups excluding tert-OH is 4. The molecule has 13 atom stereocenters. The van der Waals surface area contributed by atoms with Crippen LogP contribution < -0.4 is 10.6 Å². The minimum Gasteiger partial charge on any atom is -0.396 e. The molecule has 4 bridgehead atoms. The summed E-state index contributed by atoms with van der Waals surface area (Å²) in [4.78, 5) is 12.6. The summed E-state index contributed by atoms with van der Waals surface area (Å²) < 4.78 is 12.1. The first-order chi connectivity index (χ1) is 32.6. The van der Waals surface area contributed by atoms with Gasteiger partial charge in [-0.15, -0.1) is 0 Å². The van der Waals surface area contributed by atoms with Crippen molar-refractivity contribution >= 4 is 6.29 Å². The number of benzene rings is 1. The summed E-state index contributed by atoms with van der Waals surface area (Å²) in [6.07, 6.45) is 24.0. The molecular weight excluding hydrogens is 853 g/mol. The van der Waals surface area contributed by atoms with Crippen LogP contribution in [0, 0.1) is 52.8 Å². The Morgan fingerprint density at radius 3 is 2.53 bits per heavy atom. The zero-order valence-corrected chi connectivity index (χ0v) is 41.9. The lowest BCUT2D eigenvalue weighted by atomic mass is 9.45. The molecule has 10 heteroatoms. The molecule has 374 valence electrons. The highest BCUT2D eigenvalue weighted by atomic mass is 16.6. The summed E-state index contributed by atoms with van der Waals surface area (Å²) in [5.74, 6) is -0.723.